The number of aliphatic carboxylic acids is 1. The van der Waals surface area contributed by atoms with Gasteiger partial charge < -0.3 is 10.2 Å². The molecule has 0 amide bonds. The van der Waals surface area contributed by atoms with Crippen LogP contribution in [0, 0.1) is 11.7 Å². The summed E-state index contributed by atoms with van der Waals surface area (Å²) >= 11 is 0. The van der Waals surface area contributed by atoms with Crippen molar-refractivity contribution in [1.82, 2.24) is 4.90 Å². The third-order valence-corrected chi connectivity index (χ3v) is 3.87. The molecule has 0 aromatic heterocycles. The highest BCUT2D eigenvalue weighted by Crippen LogP contribution is 2.21. The zero-order chi connectivity index (χ0) is 15.2. The van der Waals surface area contributed by atoms with Crippen molar-refractivity contribution < 1.29 is 19.4 Å². The van der Waals surface area contributed by atoms with Gasteiger partial charge in [0.1, 0.15) is 5.82 Å². The Kier molecular flexibility index (Phi) is 5.47. The van der Waals surface area contributed by atoms with Gasteiger partial charge >= 0.3 is 5.97 Å². The lowest BCUT2D eigenvalue weighted by Gasteiger charge is -2.31. The molecule has 5 heteroatoms. The third-order valence-electron chi connectivity index (χ3n) is 3.87. The number of hydrogen-bond donors (Lipinski definition) is 2. The van der Waals surface area contributed by atoms with Crippen LogP contribution in [0.5, 0.6) is 0 Å². The number of carboxylic acid groups (broad SMARTS) is 1. The van der Waals surface area contributed by atoms with Crippen LogP contribution < -0.4 is 0 Å². The van der Waals surface area contributed by atoms with E-state index in [1.165, 1.54) is 18.2 Å². The van der Waals surface area contributed by atoms with E-state index in [-0.39, 0.29) is 12.4 Å². The number of carbonyl (C=O) groups is 1. The van der Waals surface area contributed by atoms with Gasteiger partial charge in [-0.05, 0) is 61.2 Å². The van der Waals surface area contributed by atoms with Crippen molar-refractivity contribution in [1.29, 1.82) is 0 Å². The molecule has 0 radical (unpaired) electrons. The molecule has 114 valence electrons. The number of rotatable bonds is 5. The van der Waals surface area contributed by atoms with Gasteiger partial charge in [0.25, 0.3) is 0 Å². The molecule has 0 atom stereocenters. The molecule has 1 fully saturated rings. The normalized spacial score (nSPS) is 17.4. The lowest BCUT2D eigenvalue weighted by Crippen LogP contribution is -2.34. The van der Waals surface area contributed by atoms with Crippen molar-refractivity contribution >= 4 is 12.0 Å². The molecule has 2 N–H and O–H groups in total. The predicted molar refractivity (Wildman–Crippen MR) is 78.2 cm³/mol. The number of benzene rings is 1. The second-order valence-electron chi connectivity index (χ2n) is 5.42. The van der Waals surface area contributed by atoms with E-state index >= 15 is 0 Å². The van der Waals surface area contributed by atoms with Crippen molar-refractivity contribution in [3.05, 3.63) is 41.2 Å². The monoisotopic (exact) mass is 293 g/mol. The maximum absolute atomic E-state index is 13.3. The van der Waals surface area contributed by atoms with Crippen LogP contribution in [0.15, 0.2) is 24.3 Å². The molecule has 1 saturated heterocycles. The van der Waals surface area contributed by atoms with Gasteiger partial charge in [-0.3, -0.25) is 4.90 Å². The van der Waals surface area contributed by atoms with Crippen molar-refractivity contribution in [3.8, 4) is 0 Å². The maximum Gasteiger partial charge on any atom is 0.328 e. The van der Waals surface area contributed by atoms with Crippen LogP contribution in [0.3, 0.4) is 0 Å². The summed E-state index contributed by atoms with van der Waals surface area (Å²) in [7, 11) is 0. The number of hydrogen-bond acceptors (Lipinski definition) is 3. The fourth-order valence-corrected chi connectivity index (χ4v) is 2.59. The van der Waals surface area contributed by atoms with Gasteiger partial charge in [-0.2, -0.15) is 0 Å². The topological polar surface area (TPSA) is 60.8 Å². The SMILES string of the molecule is O=C(O)C=Cc1cc(F)ccc1CN1CCC(CO)CC1. The molecule has 2 rings (SSSR count). The van der Waals surface area contributed by atoms with Crippen LogP contribution in [0.2, 0.25) is 0 Å². The number of halogens is 1. The average Bonchev–Trinajstić information content (AvgIpc) is 2.48. The summed E-state index contributed by atoms with van der Waals surface area (Å²) in [5, 5.41) is 17.8. The summed E-state index contributed by atoms with van der Waals surface area (Å²) in [5.74, 6) is -1.04. The van der Waals surface area contributed by atoms with Crippen LogP contribution in [0.4, 0.5) is 4.39 Å². The molecule has 1 aliphatic rings. The second-order valence-corrected chi connectivity index (χ2v) is 5.42. The summed E-state index contributed by atoms with van der Waals surface area (Å²) in [6, 6.07) is 4.46. The van der Waals surface area contributed by atoms with Crippen molar-refractivity contribution in [2.45, 2.75) is 19.4 Å². The van der Waals surface area contributed by atoms with Crippen molar-refractivity contribution in [2.24, 2.45) is 5.92 Å². The minimum absolute atomic E-state index is 0.233. The predicted octanol–water partition coefficient (Wildman–Crippen LogP) is 2.13. The largest absolute Gasteiger partial charge is 0.478 e. The number of aliphatic hydroxyl groups is 1. The molecule has 4 nitrogen and oxygen atoms in total. The fraction of sp³-hybridized carbons (Fsp3) is 0.438. The van der Waals surface area contributed by atoms with E-state index in [1.807, 2.05) is 0 Å². The Balaban J connectivity index is 2.07. The van der Waals surface area contributed by atoms with E-state index < -0.39 is 5.97 Å². The van der Waals surface area contributed by atoms with Gasteiger partial charge in [-0.15, -0.1) is 0 Å². The first-order valence-corrected chi connectivity index (χ1v) is 7.11. The molecule has 0 spiro atoms. The highest BCUT2D eigenvalue weighted by molar-refractivity contribution is 5.85. The first kappa shape index (κ1) is 15.7. The molecule has 21 heavy (non-hydrogen) atoms. The maximum atomic E-state index is 13.3. The van der Waals surface area contributed by atoms with Crippen LogP contribution in [0.1, 0.15) is 24.0 Å². The third kappa shape index (κ3) is 4.65. The first-order valence-electron chi connectivity index (χ1n) is 7.11. The summed E-state index contributed by atoms with van der Waals surface area (Å²) in [5.41, 5.74) is 1.51. The quantitative estimate of drug-likeness (QED) is 0.817. The molecule has 1 aromatic rings. The molecule has 0 saturated carbocycles. The molecule has 0 bridgehead atoms. The number of likely N-dealkylation sites (tertiary alicyclic amines) is 1. The second kappa shape index (κ2) is 7.33. The highest BCUT2D eigenvalue weighted by atomic mass is 19.1. The van der Waals surface area contributed by atoms with E-state index in [2.05, 4.69) is 4.90 Å². The number of nitrogens with zero attached hydrogens (tertiary/aromatic N) is 1. The average molecular weight is 293 g/mol. The minimum Gasteiger partial charge on any atom is -0.478 e. The molecule has 1 aliphatic heterocycles. The van der Waals surface area contributed by atoms with Crippen molar-refractivity contribution in [3.63, 3.8) is 0 Å². The Hall–Kier alpha value is -1.72. The van der Waals surface area contributed by atoms with E-state index in [9.17, 15) is 9.18 Å². The molecule has 1 aromatic carbocycles. The number of aliphatic hydroxyl groups excluding tert-OH is 1. The summed E-state index contributed by atoms with van der Waals surface area (Å²) < 4.78 is 13.3. The van der Waals surface area contributed by atoms with Gasteiger partial charge in [-0.25, -0.2) is 9.18 Å². The summed E-state index contributed by atoms with van der Waals surface area (Å²) in [4.78, 5) is 12.9. The summed E-state index contributed by atoms with van der Waals surface area (Å²) in [6.07, 6.45) is 4.37. The van der Waals surface area contributed by atoms with Gasteiger partial charge in [0.2, 0.25) is 0 Å². The Morgan fingerprint density at radius 2 is 2.10 bits per heavy atom. The zero-order valence-corrected chi connectivity index (χ0v) is 11.8. The minimum atomic E-state index is -1.05. The molecular formula is C16H20FNO3. The first-order chi connectivity index (χ1) is 10.1. The summed E-state index contributed by atoms with van der Waals surface area (Å²) in [6.45, 7) is 2.68. The van der Waals surface area contributed by atoms with E-state index in [1.54, 1.807) is 6.07 Å². The van der Waals surface area contributed by atoms with Gasteiger partial charge in [0, 0.05) is 19.2 Å². The molecule has 1 heterocycles. The molecule has 0 aliphatic carbocycles. The van der Waals surface area contributed by atoms with Crippen LogP contribution in [0.25, 0.3) is 6.08 Å². The van der Waals surface area contributed by atoms with E-state index in [4.69, 9.17) is 10.2 Å². The Morgan fingerprint density at radius 3 is 2.71 bits per heavy atom. The molecular weight excluding hydrogens is 273 g/mol. The lowest BCUT2D eigenvalue weighted by molar-refractivity contribution is -0.131. The molecule has 0 unspecified atom stereocenters. The van der Waals surface area contributed by atoms with Crippen LogP contribution in [-0.4, -0.2) is 40.8 Å². The van der Waals surface area contributed by atoms with Gasteiger partial charge in [0.05, 0.1) is 0 Å². The lowest BCUT2D eigenvalue weighted by atomic mass is 9.97. The Bertz CT molecular complexity index is 522. The Labute approximate surface area is 123 Å². The standard InChI is InChI=1S/C16H20FNO3/c17-15-3-1-14(13(9-15)2-4-16(20)21)10-18-7-5-12(11-19)6-8-18/h1-4,9,12,19H,5-8,10-11H2,(H,20,21). The highest BCUT2D eigenvalue weighted by Gasteiger charge is 2.19. The smallest absolute Gasteiger partial charge is 0.328 e. The van der Waals surface area contributed by atoms with Gasteiger partial charge in [-0.1, -0.05) is 6.07 Å². The Morgan fingerprint density at radius 1 is 1.38 bits per heavy atom. The van der Waals surface area contributed by atoms with Crippen LogP contribution in [-0.2, 0) is 11.3 Å². The van der Waals surface area contributed by atoms with E-state index in [0.29, 0.717) is 18.0 Å². The fourth-order valence-electron chi connectivity index (χ4n) is 2.59. The zero-order valence-electron chi connectivity index (χ0n) is 11.8. The van der Waals surface area contributed by atoms with Crippen molar-refractivity contribution in [2.75, 3.05) is 19.7 Å². The van der Waals surface area contributed by atoms with Gasteiger partial charge in [0.15, 0.2) is 0 Å². The van der Waals surface area contributed by atoms with Crippen LogP contribution >= 0.6 is 0 Å². The number of carboxylic acids is 1. The van der Waals surface area contributed by atoms with E-state index in [0.717, 1.165) is 37.6 Å². The number of piperidine rings is 1.